The molecule has 1 aromatic heterocycles. The summed E-state index contributed by atoms with van der Waals surface area (Å²) >= 11 is 0. The van der Waals surface area contributed by atoms with Gasteiger partial charge in [0.1, 0.15) is 0 Å². The molecule has 2 aromatic rings. The topological polar surface area (TPSA) is 68.3 Å². The highest BCUT2D eigenvalue weighted by Gasteiger charge is 2.33. The smallest absolute Gasteiger partial charge is 0.418 e. The first-order chi connectivity index (χ1) is 8.88. The molecule has 0 fully saturated rings. The maximum atomic E-state index is 12.7. The lowest BCUT2D eigenvalue weighted by molar-refractivity contribution is -0.136. The number of rotatable bonds is 2. The number of benzene rings is 1. The molecule has 0 aliphatic carbocycles. The summed E-state index contributed by atoms with van der Waals surface area (Å²) in [6.07, 6.45) is -4.55. The first kappa shape index (κ1) is 13.0. The predicted octanol–water partition coefficient (Wildman–Crippen LogP) is 3.13. The van der Waals surface area contributed by atoms with Gasteiger partial charge in [0.2, 0.25) is 0 Å². The third kappa shape index (κ3) is 2.87. The molecule has 1 aromatic carbocycles. The van der Waals surface area contributed by atoms with E-state index in [1.807, 2.05) is 0 Å². The second-order valence-electron chi connectivity index (χ2n) is 3.70. The molecule has 0 bridgehead atoms. The molecule has 3 N–H and O–H groups in total. The van der Waals surface area contributed by atoms with Crippen LogP contribution in [0.4, 0.5) is 24.7 Å². The summed E-state index contributed by atoms with van der Waals surface area (Å²) in [6, 6.07) is 7.29. The fourth-order valence-corrected chi connectivity index (χ4v) is 1.50. The number of carbonyl (C=O) groups is 1. The molecule has 0 aliphatic heterocycles. The normalized spacial score (nSPS) is 11.3. The Labute approximate surface area is 106 Å². The van der Waals surface area contributed by atoms with Crippen molar-refractivity contribution in [2.24, 2.45) is 0 Å². The van der Waals surface area contributed by atoms with Gasteiger partial charge in [0.15, 0.2) is 11.6 Å². The summed E-state index contributed by atoms with van der Waals surface area (Å²) in [5.74, 6) is -0.947. The number of alkyl halides is 3. The number of nitrogen functional groups attached to an aromatic ring is 1. The van der Waals surface area contributed by atoms with Gasteiger partial charge in [-0.15, -0.1) is 0 Å². The minimum Gasteiger partial charge on any atom is -0.436 e. The molecule has 1 heterocycles. The van der Waals surface area contributed by atoms with E-state index in [0.29, 0.717) is 0 Å². The number of hydrogen-bond donors (Lipinski definition) is 2. The number of nitrogens with one attached hydrogen (secondary N) is 1. The molecule has 0 spiro atoms. The second-order valence-corrected chi connectivity index (χ2v) is 3.70. The van der Waals surface area contributed by atoms with Crippen LogP contribution >= 0.6 is 0 Å². The molecule has 0 saturated heterocycles. The van der Waals surface area contributed by atoms with Crippen molar-refractivity contribution in [1.82, 2.24) is 0 Å². The van der Waals surface area contributed by atoms with Crippen molar-refractivity contribution in [2.75, 3.05) is 11.1 Å². The Morgan fingerprint density at radius 2 is 1.84 bits per heavy atom. The summed E-state index contributed by atoms with van der Waals surface area (Å²) in [4.78, 5) is 11.7. The molecule has 0 aliphatic rings. The van der Waals surface area contributed by atoms with Gasteiger partial charge in [-0.1, -0.05) is 12.1 Å². The van der Waals surface area contributed by atoms with Crippen LogP contribution in [0.15, 0.2) is 40.8 Å². The fraction of sp³-hybridized carbons (Fsp3) is 0.0833. The van der Waals surface area contributed by atoms with E-state index in [1.165, 1.54) is 24.3 Å². The van der Waals surface area contributed by atoms with Crippen molar-refractivity contribution in [3.8, 4) is 0 Å². The average molecular weight is 270 g/mol. The average Bonchev–Trinajstić information content (AvgIpc) is 2.75. The number of hydrogen-bond acceptors (Lipinski definition) is 3. The molecular weight excluding hydrogens is 261 g/mol. The lowest BCUT2D eigenvalue weighted by Crippen LogP contribution is -2.16. The highest BCUT2D eigenvalue weighted by molar-refractivity contribution is 6.02. The maximum Gasteiger partial charge on any atom is 0.418 e. The summed E-state index contributed by atoms with van der Waals surface area (Å²) < 4.78 is 43.0. The van der Waals surface area contributed by atoms with Gasteiger partial charge in [0.25, 0.3) is 5.91 Å². The van der Waals surface area contributed by atoms with Gasteiger partial charge < -0.3 is 15.5 Å². The molecule has 100 valence electrons. The number of halogens is 3. The molecule has 4 nitrogen and oxygen atoms in total. The van der Waals surface area contributed by atoms with Crippen LogP contribution in [0.1, 0.15) is 16.1 Å². The van der Waals surface area contributed by atoms with Gasteiger partial charge in [0.05, 0.1) is 11.3 Å². The molecule has 19 heavy (non-hydrogen) atoms. The minimum absolute atomic E-state index is 0.00857. The molecule has 0 unspecified atom stereocenters. The maximum absolute atomic E-state index is 12.7. The molecule has 2 rings (SSSR count). The molecular formula is C12H9F3N2O2. The van der Waals surface area contributed by atoms with Gasteiger partial charge in [-0.25, -0.2) is 0 Å². The molecule has 0 radical (unpaired) electrons. The summed E-state index contributed by atoms with van der Waals surface area (Å²) in [5.41, 5.74) is 4.02. The lowest BCUT2D eigenvalue weighted by Gasteiger charge is -2.12. The van der Waals surface area contributed by atoms with Crippen LogP contribution in [0.25, 0.3) is 0 Å². The van der Waals surface area contributed by atoms with E-state index in [0.717, 1.165) is 12.1 Å². The van der Waals surface area contributed by atoms with Crippen molar-refractivity contribution < 1.29 is 22.4 Å². The molecule has 0 saturated carbocycles. The van der Waals surface area contributed by atoms with Crippen molar-refractivity contribution in [3.63, 3.8) is 0 Å². The number of amides is 1. The van der Waals surface area contributed by atoms with Gasteiger partial charge >= 0.3 is 6.18 Å². The van der Waals surface area contributed by atoms with E-state index >= 15 is 0 Å². The number of furan rings is 1. The SMILES string of the molecule is Nc1ccc(C(=O)Nc2ccccc2C(F)(F)F)o1. The second kappa shape index (κ2) is 4.68. The fourth-order valence-electron chi connectivity index (χ4n) is 1.50. The third-order valence-electron chi connectivity index (χ3n) is 2.33. The highest BCUT2D eigenvalue weighted by Crippen LogP contribution is 2.34. The zero-order chi connectivity index (χ0) is 14.0. The van der Waals surface area contributed by atoms with Crippen LogP contribution < -0.4 is 11.1 Å². The van der Waals surface area contributed by atoms with Crippen LogP contribution in [-0.2, 0) is 6.18 Å². The van der Waals surface area contributed by atoms with Crippen LogP contribution in [0, 0.1) is 0 Å². The number of para-hydroxylation sites is 1. The largest absolute Gasteiger partial charge is 0.436 e. The van der Waals surface area contributed by atoms with E-state index < -0.39 is 17.6 Å². The third-order valence-corrected chi connectivity index (χ3v) is 2.33. The van der Waals surface area contributed by atoms with E-state index in [-0.39, 0.29) is 17.3 Å². The van der Waals surface area contributed by atoms with Crippen molar-refractivity contribution >= 4 is 17.5 Å². The van der Waals surface area contributed by atoms with Gasteiger partial charge in [-0.05, 0) is 18.2 Å². The van der Waals surface area contributed by atoms with Crippen LogP contribution in [0.3, 0.4) is 0 Å². The Morgan fingerprint density at radius 1 is 1.16 bits per heavy atom. The number of anilines is 2. The Morgan fingerprint density at radius 3 is 2.42 bits per heavy atom. The monoisotopic (exact) mass is 270 g/mol. The van der Waals surface area contributed by atoms with Gasteiger partial charge in [0, 0.05) is 6.07 Å². The van der Waals surface area contributed by atoms with Crippen LogP contribution in [0.2, 0.25) is 0 Å². The van der Waals surface area contributed by atoms with Crippen molar-refractivity contribution in [3.05, 3.63) is 47.7 Å². The lowest BCUT2D eigenvalue weighted by atomic mass is 10.1. The zero-order valence-corrected chi connectivity index (χ0v) is 9.49. The van der Waals surface area contributed by atoms with Gasteiger partial charge in [-0.2, -0.15) is 13.2 Å². The van der Waals surface area contributed by atoms with Crippen molar-refractivity contribution in [1.29, 1.82) is 0 Å². The summed E-state index contributed by atoms with van der Waals surface area (Å²) in [5, 5.41) is 2.14. The van der Waals surface area contributed by atoms with Crippen LogP contribution in [-0.4, -0.2) is 5.91 Å². The van der Waals surface area contributed by atoms with E-state index in [4.69, 9.17) is 10.2 Å². The molecule has 1 amide bonds. The van der Waals surface area contributed by atoms with Crippen molar-refractivity contribution in [2.45, 2.75) is 6.18 Å². The first-order valence-electron chi connectivity index (χ1n) is 5.21. The molecule has 0 atom stereocenters. The Bertz CT molecular complexity index is 605. The summed E-state index contributed by atoms with van der Waals surface area (Å²) in [7, 11) is 0. The van der Waals surface area contributed by atoms with Gasteiger partial charge in [-0.3, -0.25) is 4.79 Å². The minimum atomic E-state index is -4.55. The van der Waals surface area contributed by atoms with E-state index in [2.05, 4.69) is 5.32 Å². The summed E-state index contributed by atoms with van der Waals surface area (Å²) in [6.45, 7) is 0. The Balaban J connectivity index is 2.27. The zero-order valence-electron chi connectivity index (χ0n) is 9.49. The Kier molecular flexibility index (Phi) is 3.20. The van der Waals surface area contributed by atoms with Crippen LogP contribution in [0.5, 0.6) is 0 Å². The Hall–Kier alpha value is -2.44. The number of carbonyl (C=O) groups excluding carboxylic acids is 1. The van der Waals surface area contributed by atoms with E-state index in [1.54, 1.807) is 0 Å². The number of nitrogens with two attached hydrogens (primary N) is 1. The highest BCUT2D eigenvalue weighted by atomic mass is 19.4. The molecule has 7 heteroatoms. The predicted molar refractivity (Wildman–Crippen MR) is 62.5 cm³/mol. The van der Waals surface area contributed by atoms with E-state index in [9.17, 15) is 18.0 Å². The standard InChI is InChI=1S/C12H9F3N2O2/c13-12(14,15)7-3-1-2-4-8(7)17-11(18)9-5-6-10(16)19-9/h1-6H,16H2,(H,17,18). The first-order valence-corrected chi connectivity index (χ1v) is 5.21. The quantitative estimate of drug-likeness (QED) is 0.880.